The van der Waals surface area contributed by atoms with Crippen LogP contribution >= 0.6 is 0 Å². The normalized spacial score (nSPS) is 10.7. The summed E-state index contributed by atoms with van der Waals surface area (Å²) in [7, 11) is 1.81. The predicted molar refractivity (Wildman–Crippen MR) is 77.0 cm³/mol. The minimum absolute atomic E-state index is 0.267. The zero-order valence-electron chi connectivity index (χ0n) is 11.3. The summed E-state index contributed by atoms with van der Waals surface area (Å²) in [5.74, 6) is -0.262. The zero-order chi connectivity index (χ0) is 14.8. The van der Waals surface area contributed by atoms with Crippen molar-refractivity contribution in [2.75, 3.05) is 5.32 Å². The van der Waals surface area contributed by atoms with Gasteiger partial charge in [-0.3, -0.25) is 4.68 Å². The highest BCUT2D eigenvalue weighted by atomic mass is 16.4. The van der Waals surface area contributed by atoms with Crippen LogP contribution in [0.15, 0.2) is 36.8 Å². The van der Waals surface area contributed by atoms with Gasteiger partial charge in [-0.05, 0) is 17.7 Å². The number of hydrogen-bond acceptors (Lipinski definition) is 5. The molecule has 21 heavy (non-hydrogen) atoms. The second kappa shape index (κ2) is 5.20. The molecule has 0 saturated carbocycles. The first-order valence-corrected chi connectivity index (χ1v) is 6.34. The molecule has 0 fully saturated rings. The lowest BCUT2D eigenvalue weighted by Gasteiger charge is -2.07. The van der Waals surface area contributed by atoms with E-state index < -0.39 is 5.97 Å². The number of anilines is 1. The van der Waals surface area contributed by atoms with Crippen LogP contribution in [-0.4, -0.2) is 30.8 Å². The van der Waals surface area contributed by atoms with Crippen molar-refractivity contribution in [3.05, 3.63) is 47.9 Å². The summed E-state index contributed by atoms with van der Waals surface area (Å²) in [4.78, 5) is 19.3. The van der Waals surface area contributed by atoms with Crippen molar-refractivity contribution in [3.63, 3.8) is 0 Å². The van der Waals surface area contributed by atoms with Crippen LogP contribution in [0, 0.1) is 0 Å². The topological polar surface area (TPSA) is 92.9 Å². The van der Waals surface area contributed by atoms with Crippen molar-refractivity contribution >= 4 is 22.8 Å². The van der Waals surface area contributed by atoms with Crippen molar-refractivity contribution in [3.8, 4) is 0 Å². The van der Waals surface area contributed by atoms with E-state index in [1.165, 1.54) is 6.33 Å². The average molecular weight is 283 g/mol. The van der Waals surface area contributed by atoms with E-state index >= 15 is 0 Å². The molecule has 3 aromatic rings. The lowest BCUT2D eigenvalue weighted by Crippen LogP contribution is -2.04. The molecule has 2 aromatic heterocycles. The third kappa shape index (κ3) is 2.53. The molecule has 106 valence electrons. The lowest BCUT2D eigenvalue weighted by molar-refractivity contribution is 0.0697. The van der Waals surface area contributed by atoms with Crippen molar-refractivity contribution < 1.29 is 9.90 Å². The number of carboxylic acids is 1. The number of fused-ring (bicyclic) bond motifs is 1. The van der Waals surface area contributed by atoms with Gasteiger partial charge >= 0.3 is 5.97 Å². The Bertz CT molecular complexity index is 812. The molecule has 0 spiro atoms. The maximum Gasteiger partial charge on any atom is 0.335 e. The maximum absolute atomic E-state index is 11.0. The number of rotatable bonds is 4. The molecule has 0 bridgehead atoms. The number of hydrogen-bond donors (Lipinski definition) is 2. The second-order valence-corrected chi connectivity index (χ2v) is 4.59. The molecule has 0 unspecified atom stereocenters. The Labute approximate surface area is 120 Å². The Kier molecular flexibility index (Phi) is 3.23. The van der Waals surface area contributed by atoms with E-state index in [1.807, 2.05) is 13.1 Å². The molecule has 0 aliphatic carbocycles. The van der Waals surface area contributed by atoms with Gasteiger partial charge < -0.3 is 10.4 Å². The Morgan fingerprint density at radius 2 is 2.24 bits per heavy atom. The number of aromatic nitrogens is 4. The number of aromatic carboxylic acids is 1. The van der Waals surface area contributed by atoms with E-state index in [2.05, 4.69) is 20.4 Å². The smallest absolute Gasteiger partial charge is 0.335 e. The number of nitrogens with zero attached hydrogens (tertiary/aromatic N) is 4. The molecule has 0 saturated heterocycles. The van der Waals surface area contributed by atoms with E-state index in [0.717, 1.165) is 16.6 Å². The highest BCUT2D eigenvalue weighted by molar-refractivity contribution is 5.88. The molecular formula is C14H13N5O2. The summed E-state index contributed by atoms with van der Waals surface area (Å²) in [5, 5.41) is 17.1. The highest BCUT2D eigenvalue weighted by Gasteiger charge is 2.08. The van der Waals surface area contributed by atoms with Gasteiger partial charge in [-0.2, -0.15) is 5.10 Å². The SMILES string of the molecule is Cn1ncc2c(NCc3cccc(C(=O)O)c3)ncnc21. The minimum Gasteiger partial charge on any atom is -0.478 e. The summed E-state index contributed by atoms with van der Waals surface area (Å²) >= 11 is 0. The van der Waals surface area contributed by atoms with Gasteiger partial charge in [-0.15, -0.1) is 0 Å². The number of aryl methyl sites for hydroxylation is 1. The summed E-state index contributed by atoms with van der Waals surface area (Å²) < 4.78 is 1.67. The molecule has 0 aliphatic rings. The van der Waals surface area contributed by atoms with Gasteiger partial charge in [0.1, 0.15) is 12.1 Å². The van der Waals surface area contributed by atoms with Gasteiger partial charge in [-0.1, -0.05) is 12.1 Å². The Balaban J connectivity index is 1.83. The molecule has 3 rings (SSSR count). The quantitative estimate of drug-likeness (QED) is 0.756. The van der Waals surface area contributed by atoms with Crippen LogP contribution in [-0.2, 0) is 13.6 Å². The first-order valence-electron chi connectivity index (χ1n) is 6.34. The number of carbonyl (C=O) groups is 1. The summed E-state index contributed by atoms with van der Waals surface area (Å²) in [6.45, 7) is 0.474. The van der Waals surface area contributed by atoms with Gasteiger partial charge in [0, 0.05) is 13.6 Å². The molecule has 1 aromatic carbocycles. The fourth-order valence-corrected chi connectivity index (χ4v) is 2.10. The average Bonchev–Trinajstić information content (AvgIpc) is 2.88. The fraction of sp³-hybridized carbons (Fsp3) is 0.143. The van der Waals surface area contributed by atoms with Crippen LogP contribution in [0.4, 0.5) is 5.82 Å². The van der Waals surface area contributed by atoms with Crippen molar-refractivity contribution in [1.29, 1.82) is 0 Å². The third-order valence-corrected chi connectivity index (χ3v) is 3.16. The molecule has 2 N–H and O–H groups in total. The van der Waals surface area contributed by atoms with Gasteiger partial charge in [0.15, 0.2) is 5.65 Å². The number of carboxylic acid groups (broad SMARTS) is 1. The van der Waals surface area contributed by atoms with E-state index in [0.29, 0.717) is 12.4 Å². The van der Waals surface area contributed by atoms with Crippen LogP contribution in [0.2, 0.25) is 0 Å². The number of nitrogens with one attached hydrogen (secondary N) is 1. The summed E-state index contributed by atoms with van der Waals surface area (Å²) in [5.41, 5.74) is 1.88. The van der Waals surface area contributed by atoms with Gasteiger partial charge in [0.05, 0.1) is 17.1 Å². The van der Waals surface area contributed by atoms with Crippen LogP contribution in [0.3, 0.4) is 0 Å². The van der Waals surface area contributed by atoms with Crippen molar-refractivity contribution in [2.24, 2.45) is 7.05 Å². The maximum atomic E-state index is 11.0. The van der Waals surface area contributed by atoms with E-state index in [9.17, 15) is 4.79 Å². The zero-order valence-corrected chi connectivity index (χ0v) is 11.3. The Hall–Kier alpha value is -2.96. The first-order chi connectivity index (χ1) is 10.1. The molecular weight excluding hydrogens is 270 g/mol. The van der Waals surface area contributed by atoms with Crippen molar-refractivity contribution in [1.82, 2.24) is 19.7 Å². The Morgan fingerprint density at radius 1 is 1.38 bits per heavy atom. The largest absolute Gasteiger partial charge is 0.478 e. The lowest BCUT2D eigenvalue weighted by atomic mass is 10.1. The molecule has 0 radical (unpaired) electrons. The fourth-order valence-electron chi connectivity index (χ4n) is 2.10. The molecule has 0 atom stereocenters. The van der Waals surface area contributed by atoms with Crippen molar-refractivity contribution in [2.45, 2.75) is 6.54 Å². The first kappa shape index (κ1) is 13.0. The van der Waals surface area contributed by atoms with Crippen LogP contribution in [0.5, 0.6) is 0 Å². The Morgan fingerprint density at radius 3 is 3.05 bits per heavy atom. The molecule has 0 amide bonds. The number of benzene rings is 1. The van der Waals surface area contributed by atoms with Crippen LogP contribution < -0.4 is 5.32 Å². The molecule has 2 heterocycles. The summed E-state index contributed by atoms with van der Waals surface area (Å²) in [6, 6.07) is 6.79. The van der Waals surface area contributed by atoms with E-state index in [4.69, 9.17) is 5.11 Å². The predicted octanol–water partition coefficient (Wildman–Crippen LogP) is 1.67. The molecule has 0 aliphatic heterocycles. The third-order valence-electron chi connectivity index (χ3n) is 3.16. The van der Waals surface area contributed by atoms with Crippen LogP contribution in [0.1, 0.15) is 15.9 Å². The monoisotopic (exact) mass is 283 g/mol. The molecule has 7 heteroatoms. The van der Waals surface area contributed by atoms with E-state index in [-0.39, 0.29) is 5.56 Å². The summed E-state index contributed by atoms with van der Waals surface area (Å²) in [6.07, 6.45) is 3.17. The molecule has 7 nitrogen and oxygen atoms in total. The standard InChI is InChI=1S/C14H13N5O2/c1-19-13-11(7-18-19)12(16-8-17-13)15-6-9-3-2-4-10(5-9)14(20)21/h2-5,7-8H,6H2,1H3,(H,20,21)(H,15,16,17). The highest BCUT2D eigenvalue weighted by Crippen LogP contribution is 2.18. The van der Waals surface area contributed by atoms with Crippen LogP contribution in [0.25, 0.3) is 11.0 Å². The van der Waals surface area contributed by atoms with Gasteiger partial charge in [0.2, 0.25) is 0 Å². The van der Waals surface area contributed by atoms with E-state index in [1.54, 1.807) is 29.1 Å². The minimum atomic E-state index is -0.937. The van der Waals surface area contributed by atoms with Gasteiger partial charge in [-0.25, -0.2) is 14.8 Å². The second-order valence-electron chi connectivity index (χ2n) is 4.59. The van der Waals surface area contributed by atoms with Gasteiger partial charge in [0.25, 0.3) is 0 Å².